The highest BCUT2D eigenvalue weighted by atomic mass is 16.5. The summed E-state index contributed by atoms with van der Waals surface area (Å²) >= 11 is 0. The number of nitrogens with zero attached hydrogens (tertiary/aromatic N) is 1. The van der Waals surface area contributed by atoms with Crippen molar-refractivity contribution in [2.45, 2.75) is 6.42 Å². The van der Waals surface area contributed by atoms with Crippen LogP contribution in [0.3, 0.4) is 0 Å². The second kappa shape index (κ2) is 5.63. The van der Waals surface area contributed by atoms with Crippen molar-refractivity contribution in [3.05, 3.63) is 66.2 Å². The summed E-state index contributed by atoms with van der Waals surface area (Å²) in [5.41, 5.74) is 6.92. The van der Waals surface area contributed by atoms with Crippen molar-refractivity contribution in [3.63, 3.8) is 0 Å². The fourth-order valence-electron chi connectivity index (χ4n) is 2.22. The van der Waals surface area contributed by atoms with Gasteiger partial charge >= 0.3 is 0 Å². The van der Waals surface area contributed by atoms with Crippen LogP contribution in [-0.4, -0.2) is 10.9 Å². The lowest BCUT2D eigenvalue weighted by atomic mass is 10.1. The number of para-hydroxylation sites is 2. The third kappa shape index (κ3) is 3.00. The highest BCUT2D eigenvalue weighted by Gasteiger charge is 2.09. The Morgan fingerprint density at radius 1 is 1.05 bits per heavy atom. The average molecular weight is 278 g/mol. The number of aromatic nitrogens is 1. The lowest BCUT2D eigenvalue weighted by Gasteiger charge is -2.09. The van der Waals surface area contributed by atoms with Crippen molar-refractivity contribution in [2.75, 3.05) is 0 Å². The molecule has 0 aliphatic carbocycles. The van der Waals surface area contributed by atoms with E-state index in [1.54, 1.807) is 6.07 Å². The number of carbonyl (C=O) groups is 1. The van der Waals surface area contributed by atoms with Gasteiger partial charge in [0.15, 0.2) is 0 Å². The van der Waals surface area contributed by atoms with E-state index in [1.165, 1.54) is 0 Å². The van der Waals surface area contributed by atoms with Gasteiger partial charge in [-0.1, -0.05) is 36.4 Å². The molecule has 0 spiro atoms. The van der Waals surface area contributed by atoms with Gasteiger partial charge in [0.2, 0.25) is 11.8 Å². The Morgan fingerprint density at radius 2 is 1.76 bits per heavy atom. The third-order valence-corrected chi connectivity index (χ3v) is 3.11. The largest absolute Gasteiger partial charge is 0.439 e. The number of hydrogen-bond donors (Lipinski definition) is 1. The van der Waals surface area contributed by atoms with Gasteiger partial charge in [0.1, 0.15) is 5.75 Å². The lowest BCUT2D eigenvalue weighted by Crippen LogP contribution is -2.14. The van der Waals surface area contributed by atoms with Gasteiger partial charge in [-0.15, -0.1) is 0 Å². The molecule has 0 unspecified atom stereocenters. The zero-order valence-corrected chi connectivity index (χ0v) is 11.3. The Labute approximate surface area is 122 Å². The van der Waals surface area contributed by atoms with E-state index in [1.807, 2.05) is 54.6 Å². The molecule has 0 aliphatic rings. The van der Waals surface area contributed by atoms with Crippen molar-refractivity contribution < 1.29 is 9.53 Å². The number of primary amides is 1. The smallest absolute Gasteiger partial charge is 0.221 e. The Hall–Kier alpha value is -2.88. The van der Waals surface area contributed by atoms with Crippen molar-refractivity contribution in [2.24, 2.45) is 5.73 Å². The molecule has 4 heteroatoms. The first-order valence-electron chi connectivity index (χ1n) is 6.62. The molecule has 0 atom stereocenters. The van der Waals surface area contributed by atoms with Crippen LogP contribution in [0.4, 0.5) is 0 Å². The number of ether oxygens (including phenoxy) is 1. The van der Waals surface area contributed by atoms with E-state index in [9.17, 15) is 4.79 Å². The number of benzene rings is 2. The van der Waals surface area contributed by atoms with Crippen molar-refractivity contribution in [1.82, 2.24) is 4.98 Å². The van der Waals surface area contributed by atoms with Crippen LogP contribution in [0.15, 0.2) is 60.7 Å². The van der Waals surface area contributed by atoms with Crippen LogP contribution in [0.5, 0.6) is 11.6 Å². The van der Waals surface area contributed by atoms with Crippen LogP contribution in [0.2, 0.25) is 0 Å². The molecule has 0 bridgehead atoms. The molecule has 2 N–H and O–H groups in total. The molecule has 0 saturated carbocycles. The minimum Gasteiger partial charge on any atom is -0.439 e. The molecule has 0 aliphatic heterocycles. The first-order chi connectivity index (χ1) is 10.2. The standard InChI is InChI=1S/C17H14N2O2/c18-16(20)10-12-11-17(21-13-6-2-1-3-7-13)19-15-9-5-4-8-14(12)15/h1-9,11H,10H2,(H2,18,20). The molecule has 3 rings (SSSR count). The fraction of sp³-hybridized carbons (Fsp3) is 0.0588. The molecule has 1 heterocycles. The monoisotopic (exact) mass is 278 g/mol. The summed E-state index contributed by atoms with van der Waals surface area (Å²) < 4.78 is 5.75. The minimum absolute atomic E-state index is 0.161. The number of nitrogens with two attached hydrogens (primary N) is 1. The molecular formula is C17H14N2O2. The van der Waals surface area contributed by atoms with E-state index < -0.39 is 0 Å². The zero-order chi connectivity index (χ0) is 14.7. The van der Waals surface area contributed by atoms with E-state index >= 15 is 0 Å². The molecule has 3 aromatic rings. The molecule has 4 nitrogen and oxygen atoms in total. The van der Waals surface area contributed by atoms with E-state index in [4.69, 9.17) is 10.5 Å². The van der Waals surface area contributed by atoms with Crippen molar-refractivity contribution >= 4 is 16.8 Å². The SMILES string of the molecule is NC(=O)Cc1cc(Oc2ccccc2)nc2ccccc12. The van der Waals surface area contributed by atoms with E-state index in [0.717, 1.165) is 16.5 Å². The van der Waals surface area contributed by atoms with E-state index in [0.29, 0.717) is 11.6 Å². The summed E-state index contributed by atoms with van der Waals surface area (Å²) in [6, 6.07) is 18.8. The predicted octanol–water partition coefficient (Wildman–Crippen LogP) is 3.05. The van der Waals surface area contributed by atoms with Gasteiger partial charge < -0.3 is 10.5 Å². The van der Waals surface area contributed by atoms with Crippen molar-refractivity contribution in [1.29, 1.82) is 0 Å². The Bertz CT molecular complexity index is 785. The minimum atomic E-state index is -0.378. The summed E-state index contributed by atoms with van der Waals surface area (Å²) in [5, 5.41) is 0.914. The predicted molar refractivity (Wildman–Crippen MR) is 81.2 cm³/mol. The quantitative estimate of drug-likeness (QED) is 0.797. The third-order valence-electron chi connectivity index (χ3n) is 3.11. The number of carbonyl (C=O) groups excluding carboxylic acids is 1. The van der Waals surface area contributed by atoms with Gasteiger partial charge in [0.05, 0.1) is 11.9 Å². The summed E-state index contributed by atoms with van der Waals surface area (Å²) in [7, 11) is 0. The molecule has 2 aromatic carbocycles. The average Bonchev–Trinajstić information content (AvgIpc) is 2.48. The Kier molecular flexibility index (Phi) is 3.51. The maximum atomic E-state index is 11.2. The number of pyridine rings is 1. The van der Waals surface area contributed by atoms with Crippen molar-refractivity contribution in [3.8, 4) is 11.6 Å². The second-order valence-electron chi connectivity index (χ2n) is 4.69. The van der Waals surface area contributed by atoms with Crippen LogP contribution in [0.25, 0.3) is 10.9 Å². The fourth-order valence-corrected chi connectivity index (χ4v) is 2.22. The lowest BCUT2D eigenvalue weighted by molar-refractivity contribution is -0.117. The molecule has 104 valence electrons. The molecule has 1 amide bonds. The van der Waals surface area contributed by atoms with Gasteiger partial charge in [-0.3, -0.25) is 4.79 Å². The molecular weight excluding hydrogens is 264 g/mol. The van der Waals surface area contributed by atoms with Gasteiger partial charge in [-0.05, 0) is 23.8 Å². The highest BCUT2D eigenvalue weighted by molar-refractivity contribution is 5.88. The molecule has 0 fully saturated rings. The molecule has 21 heavy (non-hydrogen) atoms. The summed E-state index contributed by atoms with van der Waals surface area (Å²) in [5.74, 6) is 0.776. The van der Waals surface area contributed by atoms with Crippen LogP contribution in [-0.2, 0) is 11.2 Å². The number of hydrogen-bond acceptors (Lipinski definition) is 3. The second-order valence-corrected chi connectivity index (χ2v) is 4.69. The topological polar surface area (TPSA) is 65.2 Å². The Morgan fingerprint density at radius 3 is 2.52 bits per heavy atom. The van der Waals surface area contributed by atoms with Gasteiger partial charge in [-0.2, -0.15) is 0 Å². The molecule has 0 saturated heterocycles. The maximum Gasteiger partial charge on any atom is 0.221 e. The van der Waals surface area contributed by atoms with Crippen LogP contribution in [0, 0.1) is 0 Å². The zero-order valence-electron chi connectivity index (χ0n) is 11.3. The first kappa shape index (κ1) is 13.1. The molecule has 0 radical (unpaired) electrons. The van der Waals surface area contributed by atoms with Gasteiger partial charge in [-0.25, -0.2) is 4.98 Å². The summed E-state index contributed by atoms with van der Waals surface area (Å²) in [6.45, 7) is 0. The molecule has 1 aromatic heterocycles. The summed E-state index contributed by atoms with van der Waals surface area (Å²) in [4.78, 5) is 15.7. The summed E-state index contributed by atoms with van der Waals surface area (Å²) in [6.07, 6.45) is 0.161. The maximum absolute atomic E-state index is 11.2. The van der Waals surface area contributed by atoms with Gasteiger partial charge in [0.25, 0.3) is 0 Å². The number of fused-ring (bicyclic) bond motifs is 1. The number of rotatable bonds is 4. The van der Waals surface area contributed by atoms with Crippen LogP contribution >= 0.6 is 0 Å². The van der Waals surface area contributed by atoms with Crippen LogP contribution in [0.1, 0.15) is 5.56 Å². The first-order valence-corrected chi connectivity index (χ1v) is 6.62. The Balaban J connectivity index is 2.05. The van der Waals surface area contributed by atoms with E-state index in [2.05, 4.69) is 4.98 Å². The number of amides is 1. The normalized spacial score (nSPS) is 10.5. The van der Waals surface area contributed by atoms with E-state index in [-0.39, 0.29) is 12.3 Å². The van der Waals surface area contributed by atoms with Crippen LogP contribution < -0.4 is 10.5 Å². The van der Waals surface area contributed by atoms with Gasteiger partial charge in [0, 0.05) is 11.5 Å². The highest BCUT2D eigenvalue weighted by Crippen LogP contribution is 2.25.